The van der Waals surface area contributed by atoms with Gasteiger partial charge in [-0.05, 0) is 44.1 Å². The molecular formula is C17H22N6O2. The van der Waals surface area contributed by atoms with Crippen molar-refractivity contribution in [1.29, 1.82) is 0 Å². The van der Waals surface area contributed by atoms with Crippen LogP contribution in [-0.2, 0) is 15.1 Å². The molecule has 132 valence electrons. The molecule has 25 heavy (non-hydrogen) atoms. The molecule has 0 saturated carbocycles. The second-order valence-electron chi connectivity index (χ2n) is 6.03. The zero-order valence-electron chi connectivity index (χ0n) is 13.9. The molecule has 0 bridgehead atoms. The number of hydrogen-bond donors (Lipinski definition) is 3. The summed E-state index contributed by atoms with van der Waals surface area (Å²) in [5.41, 5.74) is -0.0422. The lowest BCUT2D eigenvalue weighted by Crippen LogP contribution is -2.54. The topological polar surface area (TPSA) is 101 Å². The van der Waals surface area contributed by atoms with Gasteiger partial charge in [0.05, 0.1) is 11.9 Å². The quantitative estimate of drug-likeness (QED) is 0.710. The number of hydrogen-bond acceptors (Lipinski definition) is 5. The molecule has 8 nitrogen and oxygen atoms in total. The molecule has 0 spiro atoms. The summed E-state index contributed by atoms with van der Waals surface area (Å²) in [6.07, 6.45) is 8.26. The second kappa shape index (κ2) is 7.89. The highest BCUT2D eigenvalue weighted by Crippen LogP contribution is 2.27. The van der Waals surface area contributed by atoms with Crippen LogP contribution in [0.5, 0.6) is 0 Å². The van der Waals surface area contributed by atoms with Gasteiger partial charge >= 0.3 is 0 Å². The minimum absolute atomic E-state index is 0.0909. The zero-order valence-corrected chi connectivity index (χ0v) is 13.9. The third-order valence-corrected chi connectivity index (χ3v) is 4.38. The molecule has 2 amide bonds. The van der Waals surface area contributed by atoms with Crippen LogP contribution in [-0.4, -0.2) is 46.2 Å². The highest BCUT2D eigenvalue weighted by Gasteiger charge is 2.41. The molecule has 1 aliphatic rings. The number of aromatic nitrogens is 3. The van der Waals surface area contributed by atoms with Gasteiger partial charge in [-0.25, -0.2) is 0 Å². The van der Waals surface area contributed by atoms with Crippen LogP contribution in [0.4, 0.5) is 5.69 Å². The van der Waals surface area contributed by atoms with Crippen molar-refractivity contribution < 1.29 is 9.59 Å². The number of piperidine rings is 1. The smallest absolute Gasteiger partial charge is 0.248 e. The van der Waals surface area contributed by atoms with Gasteiger partial charge in [-0.3, -0.25) is 19.3 Å². The molecule has 3 heterocycles. The fourth-order valence-corrected chi connectivity index (χ4v) is 3.04. The van der Waals surface area contributed by atoms with E-state index in [1.165, 1.54) is 0 Å². The second-order valence-corrected chi connectivity index (χ2v) is 6.03. The molecule has 0 radical (unpaired) electrons. The molecule has 0 aromatic carbocycles. The summed E-state index contributed by atoms with van der Waals surface area (Å²) in [4.78, 5) is 28.7. The van der Waals surface area contributed by atoms with Crippen LogP contribution in [0.3, 0.4) is 0 Å². The standard InChI is InChI=1S/C17H22N6O2/c24-15(22-14-3-1-7-19-13-14)4-9-20-16(25)17(5-10-18-11-6-17)23-12-2-8-21-23/h1-3,7-8,12-13,18H,4-6,9-11H2,(H,20,25)(H,22,24). The van der Waals surface area contributed by atoms with E-state index < -0.39 is 5.54 Å². The maximum Gasteiger partial charge on any atom is 0.248 e. The van der Waals surface area contributed by atoms with Crippen LogP contribution in [0.1, 0.15) is 19.3 Å². The van der Waals surface area contributed by atoms with E-state index >= 15 is 0 Å². The molecular weight excluding hydrogens is 320 g/mol. The highest BCUT2D eigenvalue weighted by atomic mass is 16.2. The average Bonchev–Trinajstić information content (AvgIpc) is 3.18. The van der Waals surface area contributed by atoms with Crippen LogP contribution >= 0.6 is 0 Å². The molecule has 0 aliphatic carbocycles. The Bertz CT molecular complexity index is 695. The first-order valence-electron chi connectivity index (χ1n) is 8.40. The molecule has 0 unspecified atom stereocenters. The molecule has 3 rings (SSSR count). The number of nitrogens with one attached hydrogen (secondary N) is 3. The van der Waals surface area contributed by atoms with Crippen molar-refractivity contribution >= 4 is 17.5 Å². The number of carbonyl (C=O) groups is 2. The van der Waals surface area contributed by atoms with Gasteiger partial charge in [-0.15, -0.1) is 0 Å². The summed E-state index contributed by atoms with van der Waals surface area (Å²) in [5.74, 6) is -0.251. The maximum atomic E-state index is 12.8. The van der Waals surface area contributed by atoms with E-state index in [0.29, 0.717) is 18.5 Å². The van der Waals surface area contributed by atoms with Crippen molar-refractivity contribution in [3.05, 3.63) is 43.0 Å². The maximum absolute atomic E-state index is 12.8. The zero-order chi connectivity index (χ0) is 17.5. The highest BCUT2D eigenvalue weighted by molar-refractivity contribution is 5.91. The number of anilines is 1. The van der Waals surface area contributed by atoms with Gasteiger partial charge in [0.1, 0.15) is 5.54 Å². The van der Waals surface area contributed by atoms with E-state index in [1.807, 2.05) is 12.3 Å². The lowest BCUT2D eigenvalue weighted by Gasteiger charge is -2.36. The molecule has 1 saturated heterocycles. The monoisotopic (exact) mass is 342 g/mol. The van der Waals surface area contributed by atoms with Crippen LogP contribution in [0.15, 0.2) is 43.0 Å². The molecule has 1 aliphatic heterocycles. The van der Waals surface area contributed by atoms with E-state index in [9.17, 15) is 9.59 Å². The molecule has 8 heteroatoms. The predicted octanol–water partition coefficient (Wildman–Crippen LogP) is 0.502. The Kier molecular flexibility index (Phi) is 5.39. The SMILES string of the molecule is O=C(CCNC(=O)C1(n2cccn2)CCNCC1)Nc1cccnc1. The summed E-state index contributed by atoms with van der Waals surface area (Å²) >= 11 is 0. The van der Waals surface area contributed by atoms with Gasteiger partial charge in [-0.1, -0.05) is 0 Å². The summed E-state index contributed by atoms with van der Waals surface area (Å²) < 4.78 is 1.74. The van der Waals surface area contributed by atoms with Crippen molar-refractivity contribution in [2.45, 2.75) is 24.8 Å². The number of pyridine rings is 1. The number of nitrogens with zero attached hydrogens (tertiary/aromatic N) is 3. The molecule has 2 aromatic heterocycles. The van der Waals surface area contributed by atoms with Gasteiger partial charge in [-0.2, -0.15) is 5.10 Å². The summed E-state index contributed by atoms with van der Waals surface area (Å²) in [5, 5.41) is 13.2. The minimum atomic E-state index is -0.686. The van der Waals surface area contributed by atoms with Crippen molar-refractivity contribution in [3.8, 4) is 0 Å². The Hall–Kier alpha value is -2.74. The van der Waals surface area contributed by atoms with Gasteiger partial charge in [0.2, 0.25) is 11.8 Å². The van der Waals surface area contributed by atoms with E-state index in [1.54, 1.807) is 35.4 Å². The van der Waals surface area contributed by atoms with E-state index in [-0.39, 0.29) is 24.8 Å². The Labute approximate surface area is 146 Å². The number of rotatable bonds is 6. The lowest BCUT2D eigenvalue weighted by molar-refractivity contribution is -0.132. The predicted molar refractivity (Wildman–Crippen MR) is 92.8 cm³/mol. The summed E-state index contributed by atoms with van der Waals surface area (Å²) in [6, 6.07) is 5.34. The van der Waals surface area contributed by atoms with Crippen LogP contribution in [0, 0.1) is 0 Å². The molecule has 2 aromatic rings. The molecule has 0 atom stereocenters. The molecule has 3 N–H and O–H groups in total. The summed E-state index contributed by atoms with van der Waals surface area (Å²) in [6.45, 7) is 1.80. The summed E-state index contributed by atoms with van der Waals surface area (Å²) in [7, 11) is 0. The fourth-order valence-electron chi connectivity index (χ4n) is 3.04. The van der Waals surface area contributed by atoms with Gasteiger partial charge < -0.3 is 16.0 Å². The van der Waals surface area contributed by atoms with Crippen molar-refractivity contribution in [1.82, 2.24) is 25.4 Å². The van der Waals surface area contributed by atoms with E-state index in [2.05, 4.69) is 26.0 Å². The first-order valence-corrected chi connectivity index (χ1v) is 8.40. The Morgan fingerprint density at radius 3 is 2.76 bits per heavy atom. The van der Waals surface area contributed by atoms with Gasteiger partial charge in [0, 0.05) is 31.6 Å². The number of amides is 2. The van der Waals surface area contributed by atoms with Crippen LogP contribution < -0.4 is 16.0 Å². The molecule has 1 fully saturated rings. The Morgan fingerprint density at radius 1 is 1.24 bits per heavy atom. The van der Waals surface area contributed by atoms with E-state index in [4.69, 9.17) is 0 Å². The van der Waals surface area contributed by atoms with Crippen molar-refractivity contribution in [2.24, 2.45) is 0 Å². The normalized spacial score (nSPS) is 16.2. The first kappa shape index (κ1) is 17.1. The van der Waals surface area contributed by atoms with Gasteiger partial charge in [0.25, 0.3) is 0 Å². The largest absolute Gasteiger partial charge is 0.353 e. The first-order chi connectivity index (χ1) is 12.2. The number of carbonyl (C=O) groups excluding carboxylic acids is 2. The van der Waals surface area contributed by atoms with E-state index in [0.717, 1.165) is 13.1 Å². The van der Waals surface area contributed by atoms with Crippen LogP contribution in [0.2, 0.25) is 0 Å². The van der Waals surface area contributed by atoms with Crippen LogP contribution in [0.25, 0.3) is 0 Å². The fraction of sp³-hybridized carbons (Fsp3) is 0.412. The van der Waals surface area contributed by atoms with Crippen molar-refractivity contribution in [3.63, 3.8) is 0 Å². The Morgan fingerprint density at radius 2 is 2.08 bits per heavy atom. The van der Waals surface area contributed by atoms with Gasteiger partial charge in [0.15, 0.2) is 0 Å². The third-order valence-electron chi connectivity index (χ3n) is 4.38. The van der Waals surface area contributed by atoms with Crippen molar-refractivity contribution in [2.75, 3.05) is 25.0 Å². The Balaban J connectivity index is 1.54. The average molecular weight is 342 g/mol. The lowest BCUT2D eigenvalue weighted by atomic mass is 9.87. The minimum Gasteiger partial charge on any atom is -0.353 e. The third kappa shape index (κ3) is 4.03.